The van der Waals surface area contributed by atoms with Crippen molar-refractivity contribution in [2.45, 2.75) is 6.92 Å². The summed E-state index contributed by atoms with van der Waals surface area (Å²) in [6.45, 7) is 2.71. The lowest BCUT2D eigenvalue weighted by atomic mass is 10.3. The molecule has 5 heteroatoms. The highest BCUT2D eigenvalue weighted by molar-refractivity contribution is 6.03. The zero-order valence-electron chi connectivity index (χ0n) is 10.1. The molecule has 0 saturated heterocycles. The molecule has 0 unspecified atom stereocenters. The van der Waals surface area contributed by atoms with Crippen LogP contribution in [0.5, 0.6) is 0 Å². The van der Waals surface area contributed by atoms with Gasteiger partial charge in [0.2, 0.25) is 0 Å². The Morgan fingerprint density at radius 1 is 1.22 bits per heavy atom. The van der Waals surface area contributed by atoms with E-state index in [0.717, 1.165) is 12.2 Å². The van der Waals surface area contributed by atoms with Crippen molar-refractivity contribution in [3.05, 3.63) is 48.4 Å². The molecular formula is C13H14N4O. The Hall–Kier alpha value is -2.43. The van der Waals surface area contributed by atoms with E-state index < -0.39 is 0 Å². The minimum Gasteiger partial charge on any atom is -0.370 e. The quantitative estimate of drug-likeness (QED) is 0.862. The van der Waals surface area contributed by atoms with Gasteiger partial charge in [-0.15, -0.1) is 0 Å². The Kier molecular flexibility index (Phi) is 3.86. The van der Waals surface area contributed by atoms with Crippen LogP contribution in [0.15, 0.2) is 42.7 Å². The summed E-state index contributed by atoms with van der Waals surface area (Å²) >= 11 is 0. The van der Waals surface area contributed by atoms with E-state index in [2.05, 4.69) is 20.6 Å². The number of amides is 1. The lowest BCUT2D eigenvalue weighted by Gasteiger charge is -2.06. The number of nitrogens with zero attached hydrogens (tertiary/aromatic N) is 2. The second-order valence-corrected chi connectivity index (χ2v) is 3.64. The molecule has 2 N–H and O–H groups in total. The van der Waals surface area contributed by atoms with Crippen molar-refractivity contribution < 1.29 is 4.79 Å². The number of carbonyl (C=O) groups is 1. The molecule has 0 aliphatic heterocycles. The maximum Gasteiger partial charge on any atom is 0.274 e. The van der Waals surface area contributed by atoms with Gasteiger partial charge in [0, 0.05) is 18.3 Å². The summed E-state index contributed by atoms with van der Waals surface area (Å²) in [4.78, 5) is 19.9. The van der Waals surface area contributed by atoms with Gasteiger partial charge in [-0.05, 0) is 19.1 Å². The summed E-state index contributed by atoms with van der Waals surface area (Å²) in [7, 11) is 0. The Morgan fingerprint density at radius 3 is 2.72 bits per heavy atom. The molecule has 92 valence electrons. The lowest BCUT2D eigenvalue weighted by molar-refractivity contribution is 0.102. The number of anilines is 2. The van der Waals surface area contributed by atoms with E-state index in [1.54, 1.807) is 6.07 Å². The monoisotopic (exact) mass is 242 g/mol. The number of hydrogen-bond acceptors (Lipinski definition) is 4. The van der Waals surface area contributed by atoms with Crippen LogP contribution in [0.2, 0.25) is 0 Å². The zero-order chi connectivity index (χ0) is 12.8. The minimum atomic E-state index is -0.247. The van der Waals surface area contributed by atoms with E-state index in [1.807, 2.05) is 37.3 Å². The first kappa shape index (κ1) is 12.0. The molecule has 2 aromatic rings. The normalized spacial score (nSPS) is 9.83. The highest BCUT2D eigenvalue weighted by Gasteiger charge is 2.08. The van der Waals surface area contributed by atoms with Crippen LogP contribution >= 0.6 is 0 Å². The van der Waals surface area contributed by atoms with Gasteiger partial charge in [0.1, 0.15) is 17.8 Å². The van der Waals surface area contributed by atoms with E-state index in [4.69, 9.17) is 0 Å². The predicted octanol–water partition coefficient (Wildman–Crippen LogP) is 2.16. The van der Waals surface area contributed by atoms with Crippen LogP contribution in [0.1, 0.15) is 17.4 Å². The summed E-state index contributed by atoms with van der Waals surface area (Å²) in [6, 6.07) is 10.9. The summed E-state index contributed by atoms with van der Waals surface area (Å²) in [5, 5.41) is 5.81. The number of rotatable bonds is 4. The van der Waals surface area contributed by atoms with Gasteiger partial charge in [0.15, 0.2) is 0 Å². The third-order valence-electron chi connectivity index (χ3n) is 2.29. The Morgan fingerprint density at radius 2 is 2.00 bits per heavy atom. The molecular weight excluding hydrogens is 228 g/mol. The van der Waals surface area contributed by atoms with E-state index in [9.17, 15) is 4.79 Å². The maximum atomic E-state index is 11.9. The Bertz CT molecular complexity index is 528. The zero-order valence-corrected chi connectivity index (χ0v) is 10.1. The number of carbonyl (C=O) groups excluding carboxylic acids is 1. The molecule has 0 atom stereocenters. The summed E-state index contributed by atoms with van der Waals surface area (Å²) in [6.07, 6.45) is 1.37. The third-order valence-corrected chi connectivity index (χ3v) is 2.29. The van der Waals surface area contributed by atoms with Crippen LogP contribution in [0.3, 0.4) is 0 Å². The van der Waals surface area contributed by atoms with E-state index >= 15 is 0 Å². The van der Waals surface area contributed by atoms with Gasteiger partial charge in [-0.1, -0.05) is 18.2 Å². The Balaban J connectivity index is 2.11. The summed E-state index contributed by atoms with van der Waals surface area (Å²) < 4.78 is 0. The van der Waals surface area contributed by atoms with Crippen molar-refractivity contribution in [1.29, 1.82) is 0 Å². The first-order valence-corrected chi connectivity index (χ1v) is 5.72. The van der Waals surface area contributed by atoms with Gasteiger partial charge in [0.05, 0.1) is 0 Å². The largest absolute Gasteiger partial charge is 0.370 e. The average molecular weight is 242 g/mol. The van der Waals surface area contributed by atoms with Crippen molar-refractivity contribution in [2.24, 2.45) is 0 Å². The fourth-order valence-corrected chi connectivity index (χ4v) is 1.48. The molecule has 1 aromatic carbocycles. The molecule has 18 heavy (non-hydrogen) atoms. The topological polar surface area (TPSA) is 66.9 Å². The molecule has 0 saturated carbocycles. The molecule has 1 aromatic heterocycles. The number of benzene rings is 1. The molecule has 0 fully saturated rings. The lowest BCUT2D eigenvalue weighted by Crippen LogP contribution is -2.14. The highest BCUT2D eigenvalue weighted by atomic mass is 16.1. The van der Waals surface area contributed by atoms with Gasteiger partial charge in [-0.25, -0.2) is 9.97 Å². The van der Waals surface area contributed by atoms with Gasteiger partial charge in [-0.2, -0.15) is 0 Å². The van der Waals surface area contributed by atoms with Gasteiger partial charge in [0.25, 0.3) is 5.91 Å². The van der Waals surface area contributed by atoms with Crippen molar-refractivity contribution in [1.82, 2.24) is 9.97 Å². The van der Waals surface area contributed by atoms with Crippen LogP contribution < -0.4 is 10.6 Å². The molecule has 1 amide bonds. The molecule has 5 nitrogen and oxygen atoms in total. The van der Waals surface area contributed by atoms with E-state index in [-0.39, 0.29) is 5.91 Å². The SMILES string of the molecule is CCNc1cc(C(=O)Nc2ccccc2)ncn1. The van der Waals surface area contributed by atoms with Crippen LogP contribution in [0, 0.1) is 0 Å². The van der Waals surface area contributed by atoms with Crippen LogP contribution in [-0.2, 0) is 0 Å². The van der Waals surface area contributed by atoms with Gasteiger partial charge < -0.3 is 10.6 Å². The molecule has 0 radical (unpaired) electrons. The summed E-state index contributed by atoms with van der Waals surface area (Å²) in [5.74, 6) is 0.397. The first-order chi connectivity index (χ1) is 8.79. The summed E-state index contributed by atoms with van der Waals surface area (Å²) in [5.41, 5.74) is 1.08. The van der Waals surface area contributed by atoms with Crippen molar-refractivity contribution in [3.8, 4) is 0 Å². The molecule has 0 aliphatic carbocycles. The Labute approximate surface area is 105 Å². The van der Waals surface area contributed by atoms with Gasteiger partial charge in [-0.3, -0.25) is 4.79 Å². The van der Waals surface area contributed by atoms with Crippen LogP contribution in [0.25, 0.3) is 0 Å². The third kappa shape index (κ3) is 3.04. The fourth-order valence-electron chi connectivity index (χ4n) is 1.48. The molecule has 0 bridgehead atoms. The molecule has 0 spiro atoms. The fraction of sp³-hybridized carbons (Fsp3) is 0.154. The first-order valence-electron chi connectivity index (χ1n) is 5.72. The smallest absolute Gasteiger partial charge is 0.274 e. The van der Waals surface area contributed by atoms with E-state index in [0.29, 0.717) is 11.5 Å². The highest BCUT2D eigenvalue weighted by Crippen LogP contribution is 2.09. The van der Waals surface area contributed by atoms with Gasteiger partial charge >= 0.3 is 0 Å². The number of para-hydroxylation sites is 1. The van der Waals surface area contributed by atoms with Crippen molar-refractivity contribution >= 4 is 17.4 Å². The second-order valence-electron chi connectivity index (χ2n) is 3.64. The minimum absolute atomic E-state index is 0.247. The number of aromatic nitrogens is 2. The second kappa shape index (κ2) is 5.77. The molecule has 1 heterocycles. The average Bonchev–Trinajstić information content (AvgIpc) is 2.40. The molecule has 0 aliphatic rings. The molecule has 2 rings (SSSR count). The van der Waals surface area contributed by atoms with Crippen LogP contribution in [0.4, 0.5) is 11.5 Å². The van der Waals surface area contributed by atoms with Crippen LogP contribution in [-0.4, -0.2) is 22.4 Å². The predicted molar refractivity (Wildman–Crippen MR) is 70.6 cm³/mol. The number of nitrogens with one attached hydrogen (secondary N) is 2. The maximum absolute atomic E-state index is 11.9. The van der Waals surface area contributed by atoms with Crippen molar-refractivity contribution in [3.63, 3.8) is 0 Å². The van der Waals surface area contributed by atoms with E-state index in [1.165, 1.54) is 6.33 Å². The number of hydrogen-bond donors (Lipinski definition) is 2. The van der Waals surface area contributed by atoms with Crippen molar-refractivity contribution in [2.75, 3.05) is 17.2 Å². The standard InChI is InChI=1S/C13H14N4O/c1-2-14-12-8-11(15-9-16-12)13(18)17-10-6-4-3-5-7-10/h3-9H,2H2,1H3,(H,17,18)(H,14,15,16).